The van der Waals surface area contributed by atoms with Crippen LogP contribution in [0, 0.1) is 0 Å². The smallest absolute Gasteiger partial charge is 0.118 e. The van der Waals surface area contributed by atoms with Gasteiger partial charge in [-0.1, -0.05) is 72.8 Å². The van der Waals surface area contributed by atoms with Gasteiger partial charge >= 0.3 is 0 Å². The van der Waals surface area contributed by atoms with Crippen molar-refractivity contribution in [3.8, 4) is 16.9 Å². The minimum atomic E-state index is -0.358. The summed E-state index contributed by atoms with van der Waals surface area (Å²) < 4.78 is 10.9. The molecule has 0 saturated heterocycles. The van der Waals surface area contributed by atoms with Crippen LogP contribution in [0.4, 0.5) is 0 Å². The van der Waals surface area contributed by atoms with Crippen molar-refractivity contribution in [2.45, 2.75) is 11.8 Å². The standard InChI is InChI=1S/C28H24O2/c1-29-22-9-7-8-20(14-17-22)28(21-15-18-23(30-2)19-16-21)26-12-5-3-10-24(26)25-11-4-6-13-27(25)28/h3-7,9-19H,8H2,1-2H3. The molecule has 0 atom stereocenters. The summed E-state index contributed by atoms with van der Waals surface area (Å²) in [6, 6.07) is 26.1. The Labute approximate surface area is 177 Å². The lowest BCUT2D eigenvalue weighted by atomic mass is 9.66. The number of hydrogen-bond donors (Lipinski definition) is 0. The third-order valence-electron chi connectivity index (χ3n) is 6.26. The molecule has 2 aliphatic rings. The van der Waals surface area contributed by atoms with Crippen molar-refractivity contribution < 1.29 is 9.47 Å². The summed E-state index contributed by atoms with van der Waals surface area (Å²) in [6.07, 6.45) is 9.41. The van der Waals surface area contributed by atoms with Crippen LogP contribution in [0.5, 0.6) is 5.75 Å². The summed E-state index contributed by atoms with van der Waals surface area (Å²) in [5.41, 5.74) is 7.46. The Morgan fingerprint density at radius 2 is 1.33 bits per heavy atom. The van der Waals surface area contributed by atoms with Gasteiger partial charge in [-0.15, -0.1) is 0 Å². The number of hydrogen-bond acceptors (Lipinski definition) is 2. The van der Waals surface area contributed by atoms with Crippen LogP contribution in [-0.2, 0) is 10.2 Å². The van der Waals surface area contributed by atoms with E-state index < -0.39 is 0 Å². The van der Waals surface area contributed by atoms with Crippen LogP contribution >= 0.6 is 0 Å². The van der Waals surface area contributed by atoms with E-state index in [9.17, 15) is 0 Å². The topological polar surface area (TPSA) is 18.5 Å². The van der Waals surface area contributed by atoms with Gasteiger partial charge in [0.2, 0.25) is 0 Å². The van der Waals surface area contributed by atoms with E-state index in [0.29, 0.717) is 0 Å². The van der Waals surface area contributed by atoms with Gasteiger partial charge in [-0.25, -0.2) is 0 Å². The molecule has 148 valence electrons. The van der Waals surface area contributed by atoms with Gasteiger partial charge in [0.15, 0.2) is 0 Å². The monoisotopic (exact) mass is 392 g/mol. The van der Waals surface area contributed by atoms with Gasteiger partial charge in [0.25, 0.3) is 0 Å². The summed E-state index contributed by atoms with van der Waals surface area (Å²) >= 11 is 0. The Morgan fingerprint density at radius 1 is 0.700 bits per heavy atom. The fraction of sp³-hybridized carbons (Fsp3) is 0.143. The number of allylic oxidation sites excluding steroid dienone is 5. The van der Waals surface area contributed by atoms with Gasteiger partial charge in [-0.2, -0.15) is 0 Å². The summed E-state index contributed by atoms with van der Waals surface area (Å²) in [5.74, 6) is 1.74. The van der Waals surface area contributed by atoms with Crippen LogP contribution in [0.25, 0.3) is 11.1 Å². The molecule has 2 heteroatoms. The third kappa shape index (κ3) is 2.64. The second-order valence-electron chi connectivity index (χ2n) is 7.64. The molecule has 0 radical (unpaired) electrons. The van der Waals surface area contributed by atoms with Crippen molar-refractivity contribution in [1.82, 2.24) is 0 Å². The van der Waals surface area contributed by atoms with Gasteiger partial charge in [-0.05, 0) is 64.1 Å². The predicted molar refractivity (Wildman–Crippen MR) is 122 cm³/mol. The average Bonchev–Trinajstić information content (AvgIpc) is 2.93. The fourth-order valence-electron chi connectivity index (χ4n) is 4.94. The zero-order chi connectivity index (χ0) is 20.6. The molecule has 0 aromatic heterocycles. The first-order valence-electron chi connectivity index (χ1n) is 10.2. The number of rotatable bonds is 4. The summed E-state index contributed by atoms with van der Waals surface area (Å²) in [6.45, 7) is 0. The van der Waals surface area contributed by atoms with E-state index in [1.807, 2.05) is 0 Å². The number of methoxy groups -OCH3 is 2. The molecule has 0 unspecified atom stereocenters. The molecule has 0 spiro atoms. The van der Waals surface area contributed by atoms with Gasteiger partial charge < -0.3 is 9.47 Å². The Morgan fingerprint density at radius 3 is 1.93 bits per heavy atom. The first kappa shape index (κ1) is 18.5. The van der Waals surface area contributed by atoms with E-state index in [1.54, 1.807) is 14.2 Å². The van der Waals surface area contributed by atoms with E-state index in [1.165, 1.54) is 33.4 Å². The normalized spacial score (nSPS) is 16.1. The largest absolute Gasteiger partial charge is 0.497 e. The summed E-state index contributed by atoms with van der Waals surface area (Å²) in [7, 11) is 3.43. The van der Waals surface area contributed by atoms with Gasteiger partial charge in [0.1, 0.15) is 11.5 Å². The lowest BCUT2D eigenvalue weighted by Crippen LogP contribution is -2.29. The SMILES string of the molecule is COC1=CC=C(C2(c3ccc(OC)cc3)c3ccccc3-c3ccccc32)CC=C1. The van der Waals surface area contributed by atoms with Crippen LogP contribution < -0.4 is 4.74 Å². The van der Waals surface area contributed by atoms with E-state index >= 15 is 0 Å². The van der Waals surface area contributed by atoms with Crippen molar-refractivity contribution in [2.75, 3.05) is 14.2 Å². The molecular weight excluding hydrogens is 368 g/mol. The Hall–Kier alpha value is -3.52. The minimum Gasteiger partial charge on any atom is -0.497 e. The highest BCUT2D eigenvalue weighted by Crippen LogP contribution is 2.57. The Bertz CT molecular complexity index is 1130. The lowest BCUT2D eigenvalue weighted by molar-refractivity contribution is 0.307. The van der Waals surface area contributed by atoms with Gasteiger partial charge in [-0.3, -0.25) is 0 Å². The van der Waals surface area contributed by atoms with Crippen molar-refractivity contribution in [3.63, 3.8) is 0 Å². The predicted octanol–water partition coefficient (Wildman–Crippen LogP) is 6.43. The minimum absolute atomic E-state index is 0.358. The Kier molecular flexibility index (Phi) is 4.55. The molecule has 3 aromatic carbocycles. The maximum Gasteiger partial charge on any atom is 0.118 e. The molecule has 0 heterocycles. The van der Waals surface area contributed by atoms with Crippen molar-refractivity contribution in [1.29, 1.82) is 0 Å². The van der Waals surface area contributed by atoms with Crippen LogP contribution in [-0.4, -0.2) is 14.2 Å². The molecule has 2 nitrogen and oxygen atoms in total. The van der Waals surface area contributed by atoms with Gasteiger partial charge in [0, 0.05) is 0 Å². The van der Waals surface area contributed by atoms with Crippen LogP contribution in [0.1, 0.15) is 23.1 Å². The molecule has 0 N–H and O–H groups in total. The summed E-state index contributed by atoms with van der Waals surface area (Å²) in [4.78, 5) is 0. The fourth-order valence-corrected chi connectivity index (χ4v) is 4.94. The van der Waals surface area contributed by atoms with E-state index in [-0.39, 0.29) is 5.41 Å². The molecule has 2 aliphatic carbocycles. The average molecular weight is 392 g/mol. The van der Waals surface area contributed by atoms with Crippen LogP contribution in [0.3, 0.4) is 0 Å². The van der Waals surface area contributed by atoms with Crippen molar-refractivity contribution >= 4 is 0 Å². The molecule has 3 aromatic rings. The van der Waals surface area contributed by atoms with Crippen molar-refractivity contribution in [2.24, 2.45) is 0 Å². The molecule has 0 fully saturated rings. The number of benzene rings is 3. The van der Waals surface area contributed by atoms with Gasteiger partial charge in [0.05, 0.1) is 19.6 Å². The molecule has 0 aliphatic heterocycles. The Balaban J connectivity index is 1.86. The first-order valence-corrected chi connectivity index (χ1v) is 10.2. The van der Waals surface area contributed by atoms with E-state index in [2.05, 4.69) is 97.1 Å². The van der Waals surface area contributed by atoms with Crippen LogP contribution in [0.15, 0.2) is 108 Å². The zero-order valence-corrected chi connectivity index (χ0v) is 17.3. The molecular formula is C28H24O2. The lowest BCUT2D eigenvalue weighted by Gasteiger charge is -2.35. The third-order valence-corrected chi connectivity index (χ3v) is 6.26. The molecule has 0 amide bonds. The second-order valence-corrected chi connectivity index (χ2v) is 7.64. The maximum atomic E-state index is 5.50. The highest BCUT2D eigenvalue weighted by Gasteiger charge is 2.46. The maximum absolute atomic E-state index is 5.50. The quantitative estimate of drug-likeness (QED) is 0.510. The second kappa shape index (κ2) is 7.38. The van der Waals surface area contributed by atoms with E-state index in [0.717, 1.165) is 17.9 Å². The molecule has 0 bridgehead atoms. The number of ether oxygens (including phenoxy) is 2. The molecule has 30 heavy (non-hydrogen) atoms. The van der Waals surface area contributed by atoms with Crippen molar-refractivity contribution in [3.05, 3.63) is 125 Å². The highest BCUT2D eigenvalue weighted by atomic mass is 16.5. The number of fused-ring (bicyclic) bond motifs is 3. The van der Waals surface area contributed by atoms with Crippen LogP contribution in [0.2, 0.25) is 0 Å². The summed E-state index contributed by atoms with van der Waals surface area (Å²) in [5, 5.41) is 0. The molecule has 5 rings (SSSR count). The molecule has 0 saturated carbocycles. The highest BCUT2D eigenvalue weighted by molar-refractivity contribution is 5.86. The first-order chi connectivity index (χ1) is 14.8. The zero-order valence-electron chi connectivity index (χ0n) is 17.3. The van der Waals surface area contributed by atoms with E-state index in [4.69, 9.17) is 9.47 Å².